The Labute approximate surface area is 126 Å². The first-order valence-electron chi connectivity index (χ1n) is 6.00. The zero-order valence-electron chi connectivity index (χ0n) is 10.8. The van der Waals surface area contributed by atoms with Gasteiger partial charge in [-0.2, -0.15) is 0 Å². The predicted molar refractivity (Wildman–Crippen MR) is 81.8 cm³/mol. The summed E-state index contributed by atoms with van der Waals surface area (Å²) in [5.41, 5.74) is 1.23. The fourth-order valence-electron chi connectivity index (χ4n) is 1.52. The molecule has 2 rings (SSSR count). The molecule has 0 spiro atoms. The lowest BCUT2D eigenvalue weighted by Gasteiger charge is -2.06. The minimum Gasteiger partial charge on any atom is -0.462 e. The number of esters is 1. The first kappa shape index (κ1) is 14.6. The molecule has 0 aliphatic carbocycles. The van der Waals surface area contributed by atoms with E-state index in [1.54, 1.807) is 31.5 Å². The van der Waals surface area contributed by atoms with E-state index in [9.17, 15) is 4.79 Å². The molecule has 0 unspecified atom stereocenters. The Morgan fingerprint density at radius 1 is 1.55 bits per heavy atom. The average molecular weight is 309 g/mol. The number of hydrogen-bond donors (Lipinski definition) is 1. The molecular formula is C14H13ClN2O2S. The van der Waals surface area contributed by atoms with Crippen LogP contribution in [0.4, 0.5) is 5.69 Å². The van der Waals surface area contributed by atoms with Crippen molar-refractivity contribution in [3.05, 3.63) is 52.1 Å². The molecular weight excluding hydrogens is 296 g/mol. The molecule has 104 valence electrons. The van der Waals surface area contributed by atoms with Crippen molar-refractivity contribution in [3.8, 4) is 0 Å². The van der Waals surface area contributed by atoms with Crippen LogP contribution in [0.15, 0.2) is 42.0 Å². The van der Waals surface area contributed by atoms with E-state index in [1.807, 2.05) is 17.5 Å². The number of halogens is 1. The van der Waals surface area contributed by atoms with Gasteiger partial charge in [-0.25, -0.2) is 9.78 Å². The number of nitrogens with zero attached hydrogens (tertiary/aromatic N) is 1. The molecule has 0 aliphatic heterocycles. The van der Waals surface area contributed by atoms with Crippen LogP contribution in [0, 0.1) is 0 Å². The van der Waals surface area contributed by atoms with Gasteiger partial charge in [-0.15, -0.1) is 11.3 Å². The molecule has 0 saturated heterocycles. The van der Waals surface area contributed by atoms with E-state index >= 15 is 0 Å². The third-order valence-corrected chi connectivity index (χ3v) is 3.50. The summed E-state index contributed by atoms with van der Waals surface area (Å²) < 4.78 is 5.06. The monoisotopic (exact) mass is 308 g/mol. The van der Waals surface area contributed by atoms with Gasteiger partial charge in [0.15, 0.2) is 0 Å². The molecule has 0 bridgehead atoms. The van der Waals surface area contributed by atoms with E-state index in [2.05, 4.69) is 10.3 Å². The van der Waals surface area contributed by atoms with E-state index in [0.717, 1.165) is 10.6 Å². The molecule has 0 amide bonds. The lowest BCUT2D eigenvalue weighted by atomic mass is 10.2. The predicted octanol–water partition coefficient (Wildman–Crippen LogP) is 3.81. The summed E-state index contributed by atoms with van der Waals surface area (Å²) in [6.45, 7) is 2.11. The number of anilines is 1. The summed E-state index contributed by atoms with van der Waals surface area (Å²) in [4.78, 5) is 16.7. The van der Waals surface area contributed by atoms with Crippen molar-refractivity contribution in [2.45, 2.75) is 6.92 Å². The van der Waals surface area contributed by atoms with Crippen LogP contribution in [-0.2, 0) is 9.53 Å². The smallest absolute Gasteiger partial charge is 0.341 e. The molecule has 20 heavy (non-hydrogen) atoms. The second kappa shape index (κ2) is 7.07. The van der Waals surface area contributed by atoms with Gasteiger partial charge in [0.2, 0.25) is 0 Å². The Morgan fingerprint density at radius 2 is 2.40 bits per heavy atom. The molecule has 2 aromatic rings. The van der Waals surface area contributed by atoms with Crippen LogP contribution < -0.4 is 5.32 Å². The van der Waals surface area contributed by atoms with Crippen LogP contribution in [0.5, 0.6) is 0 Å². The van der Waals surface area contributed by atoms with Crippen LogP contribution in [0.3, 0.4) is 0 Å². The van der Waals surface area contributed by atoms with E-state index in [4.69, 9.17) is 16.3 Å². The first-order chi connectivity index (χ1) is 9.70. The fraction of sp³-hybridized carbons (Fsp3) is 0.143. The lowest BCUT2D eigenvalue weighted by molar-refractivity contribution is -0.136. The number of hydrogen-bond acceptors (Lipinski definition) is 5. The fourth-order valence-corrected chi connectivity index (χ4v) is 2.42. The number of carbonyl (C=O) groups excluding carboxylic acids is 1. The number of rotatable bonds is 5. The number of ether oxygens (including phenoxy) is 1. The van der Waals surface area contributed by atoms with Crippen molar-refractivity contribution >= 4 is 40.2 Å². The van der Waals surface area contributed by atoms with Crippen LogP contribution >= 0.6 is 22.9 Å². The van der Waals surface area contributed by atoms with Crippen LogP contribution in [-0.4, -0.2) is 17.6 Å². The Bertz CT molecular complexity index is 611. The molecule has 0 atom stereocenters. The summed E-state index contributed by atoms with van der Waals surface area (Å²) in [5, 5.41) is 5.33. The zero-order valence-corrected chi connectivity index (χ0v) is 12.4. The van der Waals surface area contributed by atoms with Gasteiger partial charge >= 0.3 is 5.97 Å². The normalized spacial score (nSPS) is 11.2. The van der Waals surface area contributed by atoms with Crippen molar-refractivity contribution < 1.29 is 9.53 Å². The quantitative estimate of drug-likeness (QED) is 0.518. The van der Waals surface area contributed by atoms with Gasteiger partial charge in [0.05, 0.1) is 12.2 Å². The third-order valence-electron chi connectivity index (χ3n) is 2.39. The molecule has 0 saturated carbocycles. The third kappa shape index (κ3) is 3.82. The second-order valence-corrected chi connectivity index (χ2v) is 5.10. The van der Waals surface area contributed by atoms with Crippen molar-refractivity contribution in [1.29, 1.82) is 0 Å². The number of pyridine rings is 1. The van der Waals surface area contributed by atoms with E-state index in [-0.39, 0.29) is 5.97 Å². The Morgan fingerprint density at radius 3 is 3.05 bits per heavy atom. The average Bonchev–Trinajstić information content (AvgIpc) is 2.93. The largest absolute Gasteiger partial charge is 0.462 e. The van der Waals surface area contributed by atoms with Gasteiger partial charge in [0.25, 0.3) is 0 Å². The van der Waals surface area contributed by atoms with Gasteiger partial charge in [-0.05, 0) is 30.5 Å². The van der Waals surface area contributed by atoms with Gasteiger partial charge in [0.1, 0.15) is 5.15 Å². The van der Waals surface area contributed by atoms with E-state index in [0.29, 0.717) is 17.3 Å². The molecule has 0 aromatic carbocycles. The first-order valence-corrected chi connectivity index (χ1v) is 7.25. The topological polar surface area (TPSA) is 51.2 Å². The summed E-state index contributed by atoms with van der Waals surface area (Å²) in [7, 11) is 0. The number of carbonyl (C=O) groups is 1. The maximum Gasteiger partial charge on any atom is 0.341 e. The Kier molecular flexibility index (Phi) is 5.15. The molecule has 0 aliphatic rings. The summed E-state index contributed by atoms with van der Waals surface area (Å²) in [6.07, 6.45) is 3.21. The summed E-state index contributed by atoms with van der Waals surface area (Å²) >= 11 is 7.29. The highest BCUT2D eigenvalue weighted by molar-refractivity contribution is 7.11. The minimum atomic E-state index is -0.359. The molecule has 6 heteroatoms. The standard InChI is InChI=1S/C14H13ClN2O2S/c1-2-19-14(18)11(12-4-3-7-20-12)9-17-10-5-6-16-13(15)8-10/h3-9H,2H2,1H3,(H,16,17)/b11-9-. The molecule has 2 aromatic heterocycles. The van der Waals surface area contributed by atoms with E-state index in [1.165, 1.54) is 11.3 Å². The van der Waals surface area contributed by atoms with Crippen molar-refractivity contribution in [1.82, 2.24) is 4.98 Å². The van der Waals surface area contributed by atoms with Gasteiger partial charge in [-0.3, -0.25) is 0 Å². The highest BCUT2D eigenvalue weighted by Gasteiger charge is 2.14. The van der Waals surface area contributed by atoms with Gasteiger partial charge in [0, 0.05) is 23.0 Å². The Balaban J connectivity index is 2.22. The molecule has 1 N–H and O–H groups in total. The molecule has 0 radical (unpaired) electrons. The number of nitrogens with one attached hydrogen (secondary N) is 1. The van der Waals surface area contributed by atoms with Gasteiger partial charge in [-0.1, -0.05) is 17.7 Å². The van der Waals surface area contributed by atoms with E-state index < -0.39 is 0 Å². The summed E-state index contributed by atoms with van der Waals surface area (Å²) in [5.74, 6) is -0.359. The second-order valence-electron chi connectivity index (χ2n) is 3.77. The highest BCUT2D eigenvalue weighted by Crippen LogP contribution is 2.22. The SMILES string of the molecule is CCOC(=O)/C(=C\Nc1ccnc(Cl)c1)c1cccs1. The number of aromatic nitrogens is 1. The lowest BCUT2D eigenvalue weighted by Crippen LogP contribution is -2.07. The molecule has 4 nitrogen and oxygen atoms in total. The molecule has 2 heterocycles. The molecule has 0 fully saturated rings. The van der Waals surface area contributed by atoms with Gasteiger partial charge < -0.3 is 10.1 Å². The minimum absolute atomic E-state index is 0.336. The van der Waals surface area contributed by atoms with Crippen LogP contribution in [0.2, 0.25) is 5.15 Å². The maximum atomic E-state index is 12.0. The van der Waals surface area contributed by atoms with Crippen molar-refractivity contribution in [3.63, 3.8) is 0 Å². The van der Waals surface area contributed by atoms with Crippen LogP contribution in [0.25, 0.3) is 5.57 Å². The number of thiophene rings is 1. The maximum absolute atomic E-state index is 12.0. The zero-order chi connectivity index (χ0) is 14.4. The van der Waals surface area contributed by atoms with Crippen molar-refractivity contribution in [2.75, 3.05) is 11.9 Å². The summed E-state index contributed by atoms with van der Waals surface area (Å²) in [6, 6.07) is 7.19. The Hall–Kier alpha value is -1.85. The van der Waals surface area contributed by atoms with Crippen molar-refractivity contribution in [2.24, 2.45) is 0 Å². The highest BCUT2D eigenvalue weighted by atomic mass is 35.5. The van der Waals surface area contributed by atoms with Crippen LogP contribution in [0.1, 0.15) is 11.8 Å².